The van der Waals surface area contributed by atoms with Crippen molar-refractivity contribution in [3.63, 3.8) is 0 Å². The number of hydrogen-bond donors (Lipinski definition) is 3. The van der Waals surface area contributed by atoms with Crippen molar-refractivity contribution in [1.82, 2.24) is 5.32 Å². The predicted octanol–water partition coefficient (Wildman–Crippen LogP) is 1.25. The fraction of sp³-hybridized carbons (Fsp3) is 0.375. The minimum Gasteiger partial charge on any atom is -0.392 e. The molecule has 0 aliphatic rings. The molecule has 1 heterocycles. The predicted molar refractivity (Wildman–Crippen MR) is 53.0 cm³/mol. The van der Waals surface area contributed by atoms with Gasteiger partial charge < -0.3 is 10.4 Å². The largest absolute Gasteiger partial charge is 0.392 e. The summed E-state index contributed by atoms with van der Waals surface area (Å²) in [6.45, 7) is 1.88. The van der Waals surface area contributed by atoms with Crippen molar-refractivity contribution in [2.75, 3.05) is 11.9 Å². The van der Waals surface area contributed by atoms with Gasteiger partial charge in [0.25, 0.3) is 0 Å². The number of urea groups is 1. The summed E-state index contributed by atoms with van der Waals surface area (Å²) in [5, 5.41) is 16.7. The average Bonchev–Trinajstić information content (AvgIpc) is 2.53. The van der Waals surface area contributed by atoms with Crippen molar-refractivity contribution in [2.24, 2.45) is 0 Å². The summed E-state index contributed by atoms with van der Waals surface area (Å²) in [6.07, 6.45) is -0.519. The first kappa shape index (κ1) is 10.0. The van der Waals surface area contributed by atoms with E-state index in [-0.39, 0.29) is 12.6 Å². The summed E-state index contributed by atoms with van der Waals surface area (Å²) in [4.78, 5) is 11.1. The van der Waals surface area contributed by atoms with E-state index in [1.54, 1.807) is 6.92 Å². The second-order valence-electron chi connectivity index (χ2n) is 2.66. The zero-order valence-corrected chi connectivity index (χ0v) is 8.10. The van der Waals surface area contributed by atoms with Crippen LogP contribution in [0.3, 0.4) is 0 Å². The molecule has 0 spiro atoms. The smallest absolute Gasteiger partial charge is 0.319 e. The highest BCUT2D eigenvalue weighted by Crippen LogP contribution is 2.14. The number of nitrogens with one attached hydrogen (secondary N) is 2. The molecule has 1 aromatic heterocycles. The van der Waals surface area contributed by atoms with Crippen LogP contribution < -0.4 is 10.6 Å². The zero-order valence-electron chi connectivity index (χ0n) is 7.28. The molecule has 0 fully saturated rings. The molecule has 13 heavy (non-hydrogen) atoms. The summed E-state index contributed by atoms with van der Waals surface area (Å²) in [5.41, 5.74) is 0. The molecule has 1 rings (SSSR count). The highest BCUT2D eigenvalue weighted by atomic mass is 32.1. The molecule has 0 aromatic carbocycles. The summed E-state index contributed by atoms with van der Waals surface area (Å²) >= 11 is 1.45. The molecule has 0 aliphatic heterocycles. The molecule has 0 bridgehead atoms. The van der Waals surface area contributed by atoms with Gasteiger partial charge in [-0.2, -0.15) is 0 Å². The second-order valence-corrected chi connectivity index (χ2v) is 3.61. The molecule has 0 saturated carbocycles. The Morgan fingerprint density at radius 2 is 2.54 bits per heavy atom. The molecule has 1 atom stereocenters. The summed E-state index contributed by atoms with van der Waals surface area (Å²) in [6, 6.07) is 3.38. The molecule has 0 radical (unpaired) electrons. The molecule has 0 aliphatic carbocycles. The number of hydrogen-bond acceptors (Lipinski definition) is 3. The lowest BCUT2D eigenvalue weighted by atomic mass is 10.4. The van der Waals surface area contributed by atoms with Crippen LogP contribution in [0.2, 0.25) is 0 Å². The number of aliphatic hydroxyl groups excluding tert-OH is 1. The van der Waals surface area contributed by atoms with Crippen molar-refractivity contribution in [3.05, 3.63) is 17.5 Å². The van der Waals surface area contributed by atoms with Crippen molar-refractivity contribution in [1.29, 1.82) is 0 Å². The van der Waals surface area contributed by atoms with Gasteiger partial charge in [-0.25, -0.2) is 4.79 Å². The van der Waals surface area contributed by atoms with E-state index in [1.807, 2.05) is 17.5 Å². The van der Waals surface area contributed by atoms with E-state index >= 15 is 0 Å². The third-order valence-corrected chi connectivity index (χ3v) is 2.10. The number of thiophene rings is 1. The summed E-state index contributed by atoms with van der Waals surface area (Å²) in [5.74, 6) is 0. The van der Waals surface area contributed by atoms with Crippen LogP contribution in [-0.4, -0.2) is 23.8 Å². The summed E-state index contributed by atoms with van der Waals surface area (Å²) < 4.78 is 0. The first-order valence-corrected chi connectivity index (χ1v) is 4.83. The van der Waals surface area contributed by atoms with Gasteiger partial charge >= 0.3 is 6.03 Å². The first-order valence-electron chi connectivity index (χ1n) is 3.95. The lowest BCUT2D eigenvalue weighted by Crippen LogP contribution is -2.33. The van der Waals surface area contributed by atoms with E-state index in [0.29, 0.717) is 0 Å². The highest BCUT2D eigenvalue weighted by molar-refractivity contribution is 7.14. The van der Waals surface area contributed by atoms with Crippen LogP contribution in [-0.2, 0) is 0 Å². The Morgan fingerprint density at radius 3 is 3.08 bits per heavy atom. The van der Waals surface area contributed by atoms with E-state index in [1.165, 1.54) is 11.3 Å². The summed E-state index contributed by atoms with van der Waals surface area (Å²) in [7, 11) is 0. The first-order chi connectivity index (χ1) is 6.18. The SMILES string of the molecule is C[C@H](O)CNC(=O)Nc1cccs1. The molecule has 72 valence electrons. The van der Waals surface area contributed by atoms with Crippen molar-refractivity contribution < 1.29 is 9.90 Å². The van der Waals surface area contributed by atoms with Gasteiger partial charge in [0.15, 0.2) is 0 Å². The number of anilines is 1. The van der Waals surface area contributed by atoms with E-state index in [2.05, 4.69) is 10.6 Å². The molecule has 2 amide bonds. The maximum Gasteiger partial charge on any atom is 0.319 e. The maximum atomic E-state index is 11.1. The molecule has 1 aromatic rings. The minimum absolute atomic E-state index is 0.261. The normalized spacial score (nSPS) is 12.2. The molecule has 3 N–H and O–H groups in total. The van der Waals surface area contributed by atoms with Crippen LogP contribution in [0.15, 0.2) is 17.5 Å². The van der Waals surface area contributed by atoms with Crippen molar-refractivity contribution in [3.8, 4) is 0 Å². The van der Waals surface area contributed by atoms with E-state index < -0.39 is 6.10 Å². The number of amides is 2. The van der Waals surface area contributed by atoms with E-state index in [9.17, 15) is 4.79 Å². The Bertz CT molecular complexity index is 259. The Hall–Kier alpha value is -1.07. The lowest BCUT2D eigenvalue weighted by molar-refractivity contribution is 0.190. The van der Waals surface area contributed by atoms with Gasteiger partial charge in [-0.05, 0) is 24.4 Å². The van der Waals surface area contributed by atoms with Crippen LogP contribution in [0.1, 0.15) is 6.92 Å². The molecular formula is C8H12N2O2S. The second kappa shape index (κ2) is 4.84. The third kappa shape index (κ3) is 3.91. The van der Waals surface area contributed by atoms with Crippen LogP contribution in [0.25, 0.3) is 0 Å². The van der Waals surface area contributed by atoms with Crippen LogP contribution in [0.5, 0.6) is 0 Å². The maximum absolute atomic E-state index is 11.1. The van der Waals surface area contributed by atoms with Gasteiger partial charge in [0.1, 0.15) is 0 Å². The Morgan fingerprint density at radius 1 is 1.77 bits per heavy atom. The standard InChI is InChI=1S/C8H12N2O2S/c1-6(11)5-9-8(12)10-7-3-2-4-13-7/h2-4,6,11H,5H2,1H3,(H2,9,10,12)/t6-/m0/s1. The van der Waals surface area contributed by atoms with Gasteiger partial charge in [-0.1, -0.05) is 0 Å². The number of carbonyl (C=O) groups excluding carboxylic acids is 1. The lowest BCUT2D eigenvalue weighted by Gasteiger charge is -2.06. The number of rotatable bonds is 3. The average molecular weight is 200 g/mol. The Labute approximate surface area is 80.6 Å². The monoisotopic (exact) mass is 200 g/mol. The Balaban J connectivity index is 2.26. The topological polar surface area (TPSA) is 61.4 Å². The number of aliphatic hydroxyl groups is 1. The van der Waals surface area contributed by atoms with Crippen molar-refractivity contribution in [2.45, 2.75) is 13.0 Å². The molecule has 5 heteroatoms. The minimum atomic E-state index is -0.519. The molecule has 4 nitrogen and oxygen atoms in total. The van der Waals surface area contributed by atoms with Crippen LogP contribution >= 0.6 is 11.3 Å². The van der Waals surface area contributed by atoms with Gasteiger partial charge in [-0.15, -0.1) is 11.3 Å². The number of carbonyl (C=O) groups is 1. The van der Waals surface area contributed by atoms with Gasteiger partial charge in [0.2, 0.25) is 0 Å². The van der Waals surface area contributed by atoms with Crippen LogP contribution in [0.4, 0.5) is 9.80 Å². The quantitative estimate of drug-likeness (QED) is 0.687. The van der Waals surface area contributed by atoms with Gasteiger partial charge in [0.05, 0.1) is 11.1 Å². The zero-order chi connectivity index (χ0) is 9.68. The van der Waals surface area contributed by atoms with E-state index in [4.69, 9.17) is 5.11 Å². The van der Waals surface area contributed by atoms with Crippen LogP contribution in [0, 0.1) is 0 Å². The molecule has 0 unspecified atom stereocenters. The third-order valence-electron chi connectivity index (χ3n) is 1.32. The Kier molecular flexibility index (Phi) is 3.72. The van der Waals surface area contributed by atoms with E-state index in [0.717, 1.165) is 5.00 Å². The molecule has 0 saturated heterocycles. The molecular weight excluding hydrogens is 188 g/mol. The van der Waals surface area contributed by atoms with Gasteiger partial charge in [0, 0.05) is 6.54 Å². The highest BCUT2D eigenvalue weighted by Gasteiger charge is 2.02. The van der Waals surface area contributed by atoms with Gasteiger partial charge in [-0.3, -0.25) is 5.32 Å². The fourth-order valence-corrected chi connectivity index (χ4v) is 1.36. The van der Waals surface area contributed by atoms with Crippen molar-refractivity contribution >= 4 is 22.4 Å². The fourth-order valence-electron chi connectivity index (χ4n) is 0.746.